The van der Waals surface area contributed by atoms with Gasteiger partial charge in [0, 0.05) is 28.2 Å². The Morgan fingerprint density at radius 1 is 1.06 bits per heavy atom. The summed E-state index contributed by atoms with van der Waals surface area (Å²) in [5, 5.41) is 10.9. The Labute approximate surface area is 182 Å². The third-order valence-corrected chi connectivity index (χ3v) is 6.31. The van der Waals surface area contributed by atoms with E-state index in [-0.39, 0.29) is 17.2 Å². The van der Waals surface area contributed by atoms with E-state index in [0.717, 1.165) is 21.3 Å². The van der Waals surface area contributed by atoms with Crippen LogP contribution in [0.5, 0.6) is 0 Å². The first-order valence-electron chi connectivity index (χ1n) is 9.92. The lowest BCUT2D eigenvalue weighted by Gasteiger charge is -2.10. The molecular weight excluding hydrogens is 408 g/mol. The second-order valence-electron chi connectivity index (χ2n) is 7.46. The zero-order valence-corrected chi connectivity index (χ0v) is 17.9. The summed E-state index contributed by atoms with van der Waals surface area (Å²) >= 11 is 1.58. The van der Waals surface area contributed by atoms with E-state index >= 15 is 0 Å². The van der Waals surface area contributed by atoms with Crippen molar-refractivity contribution in [1.82, 2.24) is 19.7 Å². The van der Waals surface area contributed by atoms with E-state index in [2.05, 4.69) is 10.4 Å². The lowest BCUT2D eigenvalue weighted by Crippen LogP contribution is -2.30. The standard InChI is InChI=1S/C24H20N4O2S/c1-15-9-11-16(12-10-15)28-24(30)22-20(18-7-3-4-8-19(18)27(22)2)21(26-28)23(29)25-14-17-6-5-13-31-17/h3-13H,14H2,1-2H3,(H,25,29). The highest BCUT2D eigenvalue weighted by molar-refractivity contribution is 7.09. The second-order valence-corrected chi connectivity index (χ2v) is 8.50. The van der Waals surface area contributed by atoms with Gasteiger partial charge in [-0.1, -0.05) is 42.0 Å². The first kappa shape index (κ1) is 19.3. The number of para-hydroxylation sites is 1. The van der Waals surface area contributed by atoms with E-state index < -0.39 is 0 Å². The van der Waals surface area contributed by atoms with Gasteiger partial charge in [-0.2, -0.15) is 9.78 Å². The van der Waals surface area contributed by atoms with Gasteiger partial charge in [-0.3, -0.25) is 9.59 Å². The van der Waals surface area contributed by atoms with Crippen LogP contribution in [0.15, 0.2) is 70.8 Å². The number of hydrogen-bond acceptors (Lipinski definition) is 4. The number of nitrogens with zero attached hydrogens (tertiary/aromatic N) is 3. The van der Waals surface area contributed by atoms with E-state index in [1.165, 1.54) is 4.68 Å². The molecule has 0 fully saturated rings. The normalized spacial score (nSPS) is 11.3. The third-order valence-electron chi connectivity index (χ3n) is 5.44. The minimum absolute atomic E-state index is 0.239. The minimum Gasteiger partial charge on any atom is -0.346 e. The van der Waals surface area contributed by atoms with Crippen LogP contribution in [0.4, 0.5) is 0 Å². The summed E-state index contributed by atoms with van der Waals surface area (Å²) in [4.78, 5) is 27.8. The first-order valence-corrected chi connectivity index (χ1v) is 10.8. The Morgan fingerprint density at radius 3 is 2.58 bits per heavy atom. The van der Waals surface area contributed by atoms with Gasteiger partial charge < -0.3 is 9.88 Å². The zero-order valence-electron chi connectivity index (χ0n) is 17.1. The summed E-state index contributed by atoms with van der Waals surface area (Å²) in [7, 11) is 1.85. The summed E-state index contributed by atoms with van der Waals surface area (Å²) in [6.45, 7) is 2.39. The second kappa shape index (κ2) is 7.52. The van der Waals surface area contributed by atoms with E-state index in [0.29, 0.717) is 23.1 Å². The third kappa shape index (κ3) is 3.23. The van der Waals surface area contributed by atoms with Crippen molar-refractivity contribution in [1.29, 1.82) is 0 Å². The number of nitrogens with one attached hydrogen (secondary N) is 1. The molecule has 3 heterocycles. The van der Waals surface area contributed by atoms with Crippen LogP contribution in [0.3, 0.4) is 0 Å². The number of carbonyl (C=O) groups is 1. The van der Waals surface area contributed by atoms with Crippen LogP contribution in [-0.2, 0) is 13.6 Å². The van der Waals surface area contributed by atoms with Gasteiger partial charge in [-0.15, -0.1) is 11.3 Å². The molecule has 2 aromatic carbocycles. The monoisotopic (exact) mass is 428 g/mol. The van der Waals surface area contributed by atoms with Gasteiger partial charge in [0.1, 0.15) is 5.52 Å². The van der Waals surface area contributed by atoms with Crippen molar-refractivity contribution in [2.24, 2.45) is 7.05 Å². The van der Waals surface area contributed by atoms with Crippen molar-refractivity contribution < 1.29 is 4.79 Å². The highest BCUT2D eigenvalue weighted by Crippen LogP contribution is 2.28. The SMILES string of the molecule is Cc1ccc(-n2nc(C(=O)NCc3cccs3)c3c4ccccc4n(C)c3c2=O)cc1. The number of rotatable bonds is 4. The highest BCUT2D eigenvalue weighted by Gasteiger charge is 2.23. The van der Waals surface area contributed by atoms with Gasteiger partial charge in [0.05, 0.1) is 12.2 Å². The first-order chi connectivity index (χ1) is 15.0. The number of benzene rings is 2. The maximum Gasteiger partial charge on any atom is 0.296 e. The Hall–Kier alpha value is -3.71. The molecule has 0 saturated heterocycles. The zero-order chi connectivity index (χ0) is 21.5. The fourth-order valence-electron chi connectivity index (χ4n) is 3.86. The molecule has 0 bridgehead atoms. The van der Waals surface area contributed by atoms with Crippen LogP contribution in [-0.4, -0.2) is 20.3 Å². The van der Waals surface area contributed by atoms with Crippen LogP contribution >= 0.6 is 11.3 Å². The highest BCUT2D eigenvalue weighted by atomic mass is 32.1. The molecule has 1 N–H and O–H groups in total. The summed E-state index contributed by atoms with van der Waals surface area (Å²) < 4.78 is 3.16. The maximum absolute atomic E-state index is 13.5. The molecule has 0 aliphatic carbocycles. The Bertz CT molecular complexity index is 1480. The fraction of sp³-hybridized carbons (Fsp3) is 0.125. The average molecular weight is 429 g/mol. The molecule has 3 aromatic heterocycles. The molecule has 5 aromatic rings. The van der Waals surface area contributed by atoms with Gasteiger partial charge in [0.2, 0.25) is 0 Å². The Morgan fingerprint density at radius 2 is 1.84 bits per heavy atom. The summed E-state index contributed by atoms with van der Waals surface area (Å²) in [6, 6.07) is 19.1. The summed E-state index contributed by atoms with van der Waals surface area (Å²) in [5.74, 6) is -0.310. The van der Waals surface area contributed by atoms with Gasteiger partial charge in [-0.25, -0.2) is 0 Å². The fourth-order valence-corrected chi connectivity index (χ4v) is 4.51. The molecular formula is C24H20N4O2S. The number of aryl methyl sites for hydroxylation is 2. The van der Waals surface area contributed by atoms with Crippen molar-refractivity contribution in [3.63, 3.8) is 0 Å². The van der Waals surface area contributed by atoms with Crippen LogP contribution in [0.25, 0.3) is 27.5 Å². The molecule has 0 radical (unpaired) electrons. The molecule has 1 amide bonds. The molecule has 6 nitrogen and oxygen atoms in total. The topological polar surface area (TPSA) is 68.9 Å². The van der Waals surface area contributed by atoms with Gasteiger partial charge >= 0.3 is 0 Å². The molecule has 0 saturated carbocycles. The summed E-state index contributed by atoms with van der Waals surface area (Å²) in [6.07, 6.45) is 0. The molecule has 0 aliphatic rings. The van der Waals surface area contributed by atoms with Crippen molar-refractivity contribution >= 4 is 39.0 Å². The Balaban J connectivity index is 1.76. The van der Waals surface area contributed by atoms with Gasteiger partial charge in [0.25, 0.3) is 11.5 Å². The number of aromatic nitrogens is 3. The molecule has 0 atom stereocenters. The predicted octanol–water partition coefficient (Wildman–Crippen LogP) is 4.18. The van der Waals surface area contributed by atoms with E-state index in [1.807, 2.05) is 84.6 Å². The van der Waals surface area contributed by atoms with Crippen molar-refractivity contribution in [3.05, 3.63) is 92.5 Å². The number of amides is 1. The van der Waals surface area contributed by atoms with Gasteiger partial charge in [-0.05, 0) is 36.6 Å². The Kier molecular flexibility index (Phi) is 4.67. The lowest BCUT2D eigenvalue weighted by molar-refractivity contribution is 0.0946. The molecule has 31 heavy (non-hydrogen) atoms. The molecule has 7 heteroatoms. The number of thiophene rings is 1. The number of carbonyl (C=O) groups excluding carboxylic acids is 1. The predicted molar refractivity (Wildman–Crippen MR) is 124 cm³/mol. The van der Waals surface area contributed by atoms with E-state index in [1.54, 1.807) is 11.3 Å². The number of hydrogen-bond donors (Lipinski definition) is 1. The van der Waals surface area contributed by atoms with E-state index in [9.17, 15) is 9.59 Å². The summed E-state index contributed by atoms with van der Waals surface area (Å²) in [5.41, 5.74) is 3.02. The van der Waals surface area contributed by atoms with Crippen molar-refractivity contribution in [2.75, 3.05) is 0 Å². The molecule has 5 rings (SSSR count). The van der Waals surface area contributed by atoms with Crippen molar-refractivity contribution in [2.45, 2.75) is 13.5 Å². The molecule has 0 unspecified atom stereocenters. The van der Waals surface area contributed by atoms with Crippen LogP contribution in [0, 0.1) is 6.92 Å². The van der Waals surface area contributed by atoms with Crippen LogP contribution < -0.4 is 10.9 Å². The molecule has 154 valence electrons. The molecule has 0 spiro atoms. The maximum atomic E-state index is 13.5. The van der Waals surface area contributed by atoms with Gasteiger partial charge in [0.15, 0.2) is 5.69 Å². The van der Waals surface area contributed by atoms with E-state index in [4.69, 9.17) is 0 Å². The number of fused-ring (bicyclic) bond motifs is 3. The largest absolute Gasteiger partial charge is 0.346 e. The molecule has 0 aliphatic heterocycles. The smallest absolute Gasteiger partial charge is 0.296 e. The van der Waals surface area contributed by atoms with Crippen LogP contribution in [0.1, 0.15) is 20.9 Å². The minimum atomic E-state index is -0.310. The lowest BCUT2D eigenvalue weighted by atomic mass is 10.1. The van der Waals surface area contributed by atoms with Crippen LogP contribution in [0.2, 0.25) is 0 Å². The average Bonchev–Trinajstić information content (AvgIpc) is 3.40. The van der Waals surface area contributed by atoms with Crippen molar-refractivity contribution in [3.8, 4) is 5.69 Å². The quantitative estimate of drug-likeness (QED) is 0.467.